The summed E-state index contributed by atoms with van der Waals surface area (Å²) in [5, 5.41) is 35.9. The number of aliphatic hydroxyl groups excluding tert-OH is 1. The topological polar surface area (TPSA) is 130 Å². The zero-order valence-electron chi connectivity index (χ0n) is 34.9. The third kappa shape index (κ3) is 10.3. The minimum absolute atomic E-state index is 0.000757. The summed E-state index contributed by atoms with van der Waals surface area (Å²) in [5.74, 6) is -1.68. The molecule has 0 radical (unpaired) electrons. The lowest BCUT2D eigenvalue weighted by molar-refractivity contribution is -0.301. The number of hydrogen-bond donors (Lipinski definition) is 3. The average molecular weight is 729 g/mol. The molecule has 0 spiro atoms. The van der Waals surface area contributed by atoms with Gasteiger partial charge in [0.2, 0.25) is 0 Å². The Morgan fingerprint density at radius 2 is 1.53 bits per heavy atom. The number of esters is 1. The Balaban J connectivity index is 2.16. The van der Waals surface area contributed by atoms with Gasteiger partial charge in [-0.05, 0) is 99.2 Å². The Kier molecular flexibility index (Phi) is 15.1. The Morgan fingerprint density at radius 3 is 2.08 bits per heavy atom. The SMILES string of the molecule is CC[C@H]1OC(=O)[C@H](C)C(O[C@H]2CC(C)(C)[C@@H](C)[C@H](C)O2)[C@H](C)[C@@H](OC2O[C@H](C)C[C@H](N(C)C)[C@H]2C)[C@](C)(O)C[C@@H](C)CN(C)[C@H](C)[C@@H](O)[C@]1(C)O. The predicted molar refractivity (Wildman–Crippen MR) is 199 cm³/mol. The maximum Gasteiger partial charge on any atom is 0.311 e. The number of likely N-dealkylation sites (N-methyl/N-ethyl adjacent to an activating group) is 1. The van der Waals surface area contributed by atoms with Crippen molar-refractivity contribution < 1.29 is 43.8 Å². The first-order valence-corrected chi connectivity index (χ1v) is 19.7. The number of hydrogen-bond acceptors (Lipinski definition) is 11. The first-order valence-electron chi connectivity index (χ1n) is 19.7. The van der Waals surface area contributed by atoms with E-state index in [0.717, 1.165) is 6.42 Å². The minimum atomic E-state index is -1.73. The van der Waals surface area contributed by atoms with Gasteiger partial charge in [-0.2, -0.15) is 0 Å². The van der Waals surface area contributed by atoms with Crippen molar-refractivity contribution in [3.8, 4) is 0 Å². The molecule has 0 aliphatic carbocycles. The number of cyclic esters (lactones) is 1. The summed E-state index contributed by atoms with van der Waals surface area (Å²) in [6.07, 6.45) is -2.99. The molecule has 17 atom stereocenters. The number of carbonyl (C=O) groups excluding carboxylic acids is 1. The van der Waals surface area contributed by atoms with Crippen LogP contribution >= 0.6 is 0 Å². The summed E-state index contributed by atoms with van der Waals surface area (Å²) in [6.45, 7) is 26.2. The molecule has 3 aliphatic heterocycles. The van der Waals surface area contributed by atoms with E-state index in [1.165, 1.54) is 6.92 Å². The third-order valence-electron chi connectivity index (χ3n) is 13.1. The van der Waals surface area contributed by atoms with Crippen molar-refractivity contribution >= 4 is 5.97 Å². The van der Waals surface area contributed by atoms with Crippen LogP contribution < -0.4 is 0 Å². The molecule has 3 saturated heterocycles. The molecule has 0 amide bonds. The van der Waals surface area contributed by atoms with E-state index in [0.29, 0.717) is 31.7 Å². The van der Waals surface area contributed by atoms with Crippen LogP contribution in [0.5, 0.6) is 0 Å². The molecular weight excluding hydrogens is 652 g/mol. The normalized spacial score (nSPS) is 48.5. The molecule has 3 N–H and O–H groups in total. The van der Waals surface area contributed by atoms with Gasteiger partial charge in [-0.25, -0.2) is 0 Å². The first kappa shape index (κ1) is 44.5. The van der Waals surface area contributed by atoms with Gasteiger partial charge in [-0.15, -0.1) is 0 Å². The molecule has 11 nitrogen and oxygen atoms in total. The maximum absolute atomic E-state index is 14.2. The largest absolute Gasteiger partial charge is 0.459 e. The van der Waals surface area contributed by atoms with E-state index in [-0.39, 0.29) is 35.5 Å². The van der Waals surface area contributed by atoms with Gasteiger partial charge in [0.1, 0.15) is 17.8 Å². The monoisotopic (exact) mass is 729 g/mol. The first-order chi connectivity index (χ1) is 23.3. The molecule has 2 unspecified atom stereocenters. The molecule has 0 aromatic carbocycles. The van der Waals surface area contributed by atoms with Crippen LogP contribution in [0.2, 0.25) is 0 Å². The van der Waals surface area contributed by atoms with Crippen LogP contribution in [0, 0.1) is 35.0 Å². The zero-order valence-corrected chi connectivity index (χ0v) is 34.9. The van der Waals surface area contributed by atoms with Gasteiger partial charge in [0.05, 0.1) is 35.9 Å². The van der Waals surface area contributed by atoms with Gasteiger partial charge in [0, 0.05) is 36.9 Å². The second kappa shape index (κ2) is 17.3. The molecule has 11 heteroatoms. The summed E-state index contributed by atoms with van der Waals surface area (Å²) in [7, 11) is 6.04. The van der Waals surface area contributed by atoms with E-state index in [4.69, 9.17) is 23.7 Å². The zero-order chi connectivity index (χ0) is 39.0. The fourth-order valence-corrected chi connectivity index (χ4v) is 9.21. The van der Waals surface area contributed by atoms with Gasteiger partial charge in [-0.3, -0.25) is 4.79 Å². The van der Waals surface area contributed by atoms with Crippen molar-refractivity contribution in [2.75, 3.05) is 27.7 Å². The molecule has 3 rings (SSSR count). The van der Waals surface area contributed by atoms with Crippen molar-refractivity contribution in [1.82, 2.24) is 9.80 Å². The van der Waals surface area contributed by atoms with Gasteiger partial charge in [0.25, 0.3) is 0 Å². The minimum Gasteiger partial charge on any atom is -0.459 e. The summed E-state index contributed by atoms with van der Waals surface area (Å²) in [6, 6.07) is -0.260. The van der Waals surface area contributed by atoms with E-state index >= 15 is 0 Å². The van der Waals surface area contributed by atoms with Crippen molar-refractivity contribution in [3.05, 3.63) is 0 Å². The van der Waals surface area contributed by atoms with Crippen LogP contribution in [0.3, 0.4) is 0 Å². The molecule has 3 aliphatic rings. The molecule has 0 aromatic heterocycles. The van der Waals surface area contributed by atoms with Gasteiger partial charge in [0.15, 0.2) is 12.6 Å². The van der Waals surface area contributed by atoms with E-state index in [9.17, 15) is 20.1 Å². The Labute approximate surface area is 310 Å². The Morgan fingerprint density at radius 1 is 0.922 bits per heavy atom. The number of rotatable bonds is 6. The Bertz CT molecular complexity index is 1120. The average Bonchev–Trinajstić information content (AvgIpc) is 3.02. The number of ether oxygens (including phenoxy) is 5. The van der Waals surface area contributed by atoms with Crippen molar-refractivity contribution in [1.29, 1.82) is 0 Å². The van der Waals surface area contributed by atoms with Crippen molar-refractivity contribution in [3.63, 3.8) is 0 Å². The number of nitrogens with zero attached hydrogens (tertiary/aromatic N) is 2. The smallest absolute Gasteiger partial charge is 0.311 e. The quantitative estimate of drug-likeness (QED) is 0.317. The molecule has 0 aromatic rings. The molecule has 3 heterocycles. The number of carbonyl (C=O) groups is 1. The highest BCUT2D eigenvalue weighted by molar-refractivity contribution is 5.73. The predicted octanol–water partition coefficient (Wildman–Crippen LogP) is 5.07. The van der Waals surface area contributed by atoms with Crippen LogP contribution in [0.25, 0.3) is 0 Å². The Hall–Kier alpha value is -0.890. The summed E-state index contributed by atoms with van der Waals surface area (Å²) < 4.78 is 33.0. The van der Waals surface area contributed by atoms with Gasteiger partial charge < -0.3 is 48.8 Å². The summed E-state index contributed by atoms with van der Waals surface area (Å²) in [5.41, 5.74) is -3.19. The molecule has 0 bridgehead atoms. The molecule has 51 heavy (non-hydrogen) atoms. The fourth-order valence-electron chi connectivity index (χ4n) is 9.21. The number of aliphatic hydroxyl groups is 3. The second-order valence-electron chi connectivity index (χ2n) is 18.3. The standard InChI is InChI=1S/C40H76N2O9/c1-17-31-40(13,46)34(43)28(8)42(16)21-22(2)19-39(12,45)35(51-37-24(4)30(41(14)15)18-23(3)47-37)25(5)33(26(6)36(44)49-31)50-32-20-38(10,11)27(7)29(9)48-32/h22-35,37,43,45-46H,17-21H2,1-16H3/t22-,23-,24-,25+,26-,27+,28-,29+,30+,31-,32+,33?,34-,35-,37?,39-,40-/m1/s1. The summed E-state index contributed by atoms with van der Waals surface area (Å²) >= 11 is 0. The van der Waals surface area contributed by atoms with E-state index in [1.54, 1.807) is 6.92 Å². The van der Waals surface area contributed by atoms with E-state index in [2.05, 4.69) is 67.5 Å². The van der Waals surface area contributed by atoms with Crippen LogP contribution in [0.1, 0.15) is 116 Å². The lowest BCUT2D eigenvalue weighted by Crippen LogP contribution is -2.59. The highest BCUT2D eigenvalue weighted by atomic mass is 16.7. The maximum atomic E-state index is 14.2. The molecule has 0 saturated carbocycles. The molecule has 300 valence electrons. The molecular formula is C40H76N2O9. The highest BCUT2D eigenvalue weighted by Gasteiger charge is 2.51. The van der Waals surface area contributed by atoms with E-state index < -0.39 is 72.0 Å². The lowest BCUT2D eigenvalue weighted by atomic mass is 9.72. The summed E-state index contributed by atoms with van der Waals surface area (Å²) in [4.78, 5) is 18.4. The molecule has 3 fully saturated rings. The van der Waals surface area contributed by atoms with Crippen LogP contribution in [-0.4, -0.2) is 131 Å². The highest BCUT2D eigenvalue weighted by Crippen LogP contribution is 2.44. The van der Waals surface area contributed by atoms with Crippen LogP contribution in [0.15, 0.2) is 0 Å². The lowest BCUT2D eigenvalue weighted by Gasteiger charge is -2.49. The van der Waals surface area contributed by atoms with Gasteiger partial charge in [-0.1, -0.05) is 48.5 Å². The van der Waals surface area contributed by atoms with Crippen LogP contribution in [-0.2, 0) is 28.5 Å². The second-order valence-corrected chi connectivity index (χ2v) is 18.3. The van der Waals surface area contributed by atoms with Crippen LogP contribution in [0.4, 0.5) is 0 Å². The van der Waals surface area contributed by atoms with Crippen molar-refractivity contribution in [2.24, 2.45) is 35.0 Å². The third-order valence-corrected chi connectivity index (χ3v) is 13.1. The van der Waals surface area contributed by atoms with E-state index in [1.807, 2.05) is 39.6 Å². The fraction of sp³-hybridized carbons (Fsp3) is 0.975. The van der Waals surface area contributed by atoms with Crippen molar-refractivity contribution in [2.45, 2.75) is 188 Å². The van der Waals surface area contributed by atoms with Gasteiger partial charge >= 0.3 is 5.97 Å².